The molecule has 1 atom stereocenters. The second-order valence-corrected chi connectivity index (χ2v) is 7.47. The van der Waals surface area contributed by atoms with E-state index in [4.69, 9.17) is 0 Å². The van der Waals surface area contributed by atoms with Crippen LogP contribution >= 0.6 is 0 Å². The van der Waals surface area contributed by atoms with Crippen molar-refractivity contribution in [2.75, 3.05) is 37.6 Å². The van der Waals surface area contributed by atoms with E-state index in [0.29, 0.717) is 31.9 Å². The van der Waals surface area contributed by atoms with Gasteiger partial charge in [0.25, 0.3) is 0 Å². The number of halogens is 2. The summed E-state index contributed by atoms with van der Waals surface area (Å²) in [6, 6.07) is 13.1. The zero-order valence-corrected chi connectivity index (χ0v) is 16.4. The lowest BCUT2D eigenvalue weighted by Gasteiger charge is -2.36. The van der Waals surface area contributed by atoms with Gasteiger partial charge in [0.05, 0.1) is 12.2 Å². The molecule has 1 amide bonds. The van der Waals surface area contributed by atoms with Gasteiger partial charge in [-0.15, -0.1) is 0 Å². The quantitative estimate of drug-likeness (QED) is 0.823. The first-order valence-corrected chi connectivity index (χ1v) is 9.72. The third kappa shape index (κ3) is 4.87. The summed E-state index contributed by atoms with van der Waals surface area (Å²) in [4.78, 5) is 16.4. The number of piperazine rings is 1. The number of anilines is 1. The van der Waals surface area contributed by atoms with Crippen molar-refractivity contribution >= 4 is 11.6 Å². The minimum absolute atomic E-state index is 0.0238. The lowest BCUT2D eigenvalue weighted by molar-refractivity contribution is -0.130. The fraction of sp³-hybridized carbons (Fsp3) is 0.409. The highest BCUT2D eigenvalue weighted by Gasteiger charge is 2.24. The summed E-state index contributed by atoms with van der Waals surface area (Å²) in [5.41, 5.74) is 1.55. The molecule has 1 aliphatic rings. The summed E-state index contributed by atoms with van der Waals surface area (Å²) >= 11 is 0. The summed E-state index contributed by atoms with van der Waals surface area (Å²) in [7, 11) is 0. The van der Waals surface area contributed by atoms with Crippen LogP contribution in [0, 0.1) is 17.6 Å². The Labute approximate surface area is 165 Å². The maximum atomic E-state index is 13.9. The van der Waals surface area contributed by atoms with Crippen molar-refractivity contribution in [3.8, 4) is 0 Å². The first kappa shape index (κ1) is 20.3. The van der Waals surface area contributed by atoms with E-state index in [1.54, 1.807) is 24.3 Å². The van der Waals surface area contributed by atoms with Gasteiger partial charge in [-0.1, -0.05) is 38.1 Å². The van der Waals surface area contributed by atoms with Gasteiger partial charge in [0.15, 0.2) is 0 Å². The number of carbonyl (C=O) groups is 1. The standard InChI is InChI=1S/C22H27F2N3O/c1-16(2)22(17-7-9-18(23)10-8-17)25-15-21(28)27-13-11-26(12-14-27)20-6-4-3-5-19(20)24/h3-10,16,22,25H,11-15H2,1-2H3/t22-/m1/s1. The molecule has 0 spiro atoms. The molecule has 0 saturated carbocycles. The molecule has 150 valence electrons. The van der Waals surface area contributed by atoms with Crippen LogP contribution in [0.25, 0.3) is 0 Å². The molecule has 0 bridgehead atoms. The molecule has 1 aliphatic heterocycles. The van der Waals surface area contributed by atoms with Crippen LogP contribution in [0.4, 0.5) is 14.5 Å². The van der Waals surface area contributed by atoms with E-state index in [1.807, 2.05) is 15.9 Å². The molecule has 1 heterocycles. The van der Waals surface area contributed by atoms with E-state index >= 15 is 0 Å². The van der Waals surface area contributed by atoms with Crippen LogP contribution in [-0.4, -0.2) is 43.5 Å². The Morgan fingerprint density at radius 1 is 1.00 bits per heavy atom. The van der Waals surface area contributed by atoms with E-state index in [1.165, 1.54) is 18.2 Å². The molecule has 0 aliphatic carbocycles. The molecule has 4 nitrogen and oxygen atoms in total. The number of nitrogens with one attached hydrogen (secondary N) is 1. The summed E-state index contributed by atoms with van der Waals surface area (Å²) < 4.78 is 27.1. The van der Waals surface area contributed by atoms with Crippen LogP contribution in [0.2, 0.25) is 0 Å². The molecule has 28 heavy (non-hydrogen) atoms. The molecular formula is C22H27F2N3O. The third-order valence-corrected chi connectivity index (χ3v) is 5.19. The zero-order chi connectivity index (χ0) is 20.1. The summed E-state index contributed by atoms with van der Waals surface area (Å²) in [5.74, 6) is -0.213. The lowest BCUT2D eigenvalue weighted by Crippen LogP contribution is -2.51. The van der Waals surface area contributed by atoms with E-state index < -0.39 is 0 Å². The number of amides is 1. The Balaban J connectivity index is 1.53. The molecule has 2 aromatic rings. The van der Waals surface area contributed by atoms with E-state index in [9.17, 15) is 13.6 Å². The largest absolute Gasteiger partial charge is 0.366 e. The van der Waals surface area contributed by atoms with Crippen molar-refractivity contribution in [3.05, 3.63) is 65.7 Å². The van der Waals surface area contributed by atoms with Gasteiger partial charge in [-0.05, 0) is 35.7 Å². The Hall–Kier alpha value is -2.47. The number of rotatable bonds is 6. The first-order chi connectivity index (χ1) is 13.5. The predicted molar refractivity (Wildman–Crippen MR) is 107 cm³/mol. The highest BCUT2D eigenvalue weighted by Crippen LogP contribution is 2.22. The Kier molecular flexibility index (Phi) is 6.62. The number of hydrogen-bond donors (Lipinski definition) is 1. The van der Waals surface area contributed by atoms with Gasteiger partial charge < -0.3 is 15.1 Å². The van der Waals surface area contributed by atoms with Gasteiger partial charge in [-0.3, -0.25) is 4.79 Å². The predicted octanol–water partition coefficient (Wildman–Crippen LogP) is 3.60. The van der Waals surface area contributed by atoms with Crippen molar-refractivity contribution < 1.29 is 13.6 Å². The highest BCUT2D eigenvalue weighted by molar-refractivity contribution is 5.78. The molecule has 1 fully saturated rings. The molecule has 1 saturated heterocycles. The lowest BCUT2D eigenvalue weighted by atomic mass is 9.96. The number of para-hydroxylation sites is 1. The molecule has 0 unspecified atom stereocenters. The molecule has 1 N–H and O–H groups in total. The van der Waals surface area contributed by atoms with Crippen molar-refractivity contribution in [3.63, 3.8) is 0 Å². The van der Waals surface area contributed by atoms with Crippen LogP contribution in [-0.2, 0) is 4.79 Å². The van der Waals surface area contributed by atoms with E-state index in [0.717, 1.165) is 5.56 Å². The second-order valence-electron chi connectivity index (χ2n) is 7.47. The maximum absolute atomic E-state index is 13.9. The summed E-state index contributed by atoms with van der Waals surface area (Å²) in [6.45, 7) is 6.71. The minimum atomic E-state index is -0.268. The van der Waals surface area contributed by atoms with Gasteiger partial charge in [0, 0.05) is 32.2 Å². The van der Waals surface area contributed by atoms with Gasteiger partial charge in [-0.2, -0.15) is 0 Å². The van der Waals surface area contributed by atoms with Gasteiger partial charge in [0.2, 0.25) is 5.91 Å². The van der Waals surface area contributed by atoms with E-state index in [-0.39, 0.29) is 36.0 Å². The Bertz CT molecular complexity index is 787. The van der Waals surface area contributed by atoms with Crippen molar-refractivity contribution in [2.24, 2.45) is 5.92 Å². The Morgan fingerprint density at radius 2 is 1.64 bits per heavy atom. The summed E-state index contributed by atoms with van der Waals surface area (Å²) in [6.07, 6.45) is 0. The van der Waals surface area contributed by atoms with Crippen molar-refractivity contribution in [1.29, 1.82) is 0 Å². The van der Waals surface area contributed by atoms with Crippen LogP contribution in [0.3, 0.4) is 0 Å². The SMILES string of the molecule is CC(C)[C@@H](NCC(=O)N1CCN(c2ccccc2F)CC1)c1ccc(F)cc1. The average molecular weight is 387 g/mol. The molecular weight excluding hydrogens is 360 g/mol. The molecule has 6 heteroatoms. The van der Waals surface area contributed by atoms with Gasteiger partial charge in [0.1, 0.15) is 11.6 Å². The highest BCUT2D eigenvalue weighted by atomic mass is 19.1. The maximum Gasteiger partial charge on any atom is 0.236 e. The third-order valence-electron chi connectivity index (χ3n) is 5.19. The Morgan fingerprint density at radius 3 is 2.25 bits per heavy atom. The molecule has 0 aromatic heterocycles. The number of hydrogen-bond acceptors (Lipinski definition) is 3. The first-order valence-electron chi connectivity index (χ1n) is 9.72. The normalized spacial score (nSPS) is 15.8. The van der Waals surface area contributed by atoms with Gasteiger partial charge in [-0.25, -0.2) is 8.78 Å². The van der Waals surface area contributed by atoms with Crippen LogP contribution in [0.15, 0.2) is 48.5 Å². The van der Waals surface area contributed by atoms with Gasteiger partial charge >= 0.3 is 0 Å². The molecule has 2 aromatic carbocycles. The molecule has 3 rings (SSSR count). The van der Waals surface area contributed by atoms with Crippen LogP contribution in [0.5, 0.6) is 0 Å². The van der Waals surface area contributed by atoms with Crippen LogP contribution in [0.1, 0.15) is 25.5 Å². The van der Waals surface area contributed by atoms with E-state index in [2.05, 4.69) is 19.2 Å². The zero-order valence-electron chi connectivity index (χ0n) is 16.4. The second kappa shape index (κ2) is 9.15. The smallest absolute Gasteiger partial charge is 0.236 e. The number of carbonyl (C=O) groups excluding carboxylic acids is 1. The summed E-state index contributed by atoms with van der Waals surface area (Å²) in [5, 5.41) is 3.32. The average Bonchev–Trinajstić information content (AvgIpc) is 2.69. The van der Waals surface area contributed by atoms with Crippen LogP contribution < -0.4 is 10.2 Å². The number of nitrogens with zero attached hydrogens (tertiary/aromatic N) is 2. The fourth-order valence-electron chi connectivity index (χ4n) is 3.62. The number of benzene rings is 2. The van der Waals surface area contributed by atoms with Crippen molar-refractivity contribution in [2.45, 2.75) is 19.9 Å². The minimum Gasteiger partial charge on any atom is -0.366 e. The fourth-order valence-corrected chi connectivity index (χ4v) is 3.62. The topological polar surface area (TPSA) is 35.6 Å². The van der Waals surface area contributed by atoms with Crippen molar-refractivity contribution in [1.82, 2.24) is 10.2 Å². The molecule has 0 radical (unpaired) electrons. The monoisotopic (exact) mass is 387 g/mol.